The second kappa shape index (κ2) is 8.22. The Morgan fingerprint density at radius 3 is 2.52 bits per heavy atom. The quantitative estimate of drug-likeness (QED) is 0.773. The predicted octanol–water partition coefficient (Wildman–Crippen LogP) is 1.49. The topological polar surface area (TPSA) is 56.6 Å². The van der Waals surface area contributed by atoms with E-state index in [1.807, 2.05) is 4.90 Å². The molecular weight excluding hydrogens is 290 g/mol. The number of amides is 1. The third-order valence-electron chi connectivity index (χ3n) is 3.90. The van der Waals surface area contributed by atoms with Crippen molar-refractivity contribution in [3.63, 3.8) is 0 Å². The molecule has 5 heteroatoms. The first kappa shape index (κ1) is 16.9. The molecular formula is C18H21N3O2. The highest BCUT2D eigenvalue weighted by Gasteiger charge is 2.25. The summed E-state index contributed by atoms with van der Waals surface area (Å²) in [5.74, 6) is 3.23. The zero-order valence-electron chi connectivity index (χ0n) is 13.4. The van der Waals surface area contributed by atoms with Crippen molar-refractivity contribution in [3.8, 4) is 24.2 Å². The van der Waals surface area contributed by atoms with E-state index in [1.165, 1.54) is 0 Å². The molecule has 1 saturated heterocycles. The lowest BCUT2D eigenvalue weighted by Gasteiger charge is -2.35. The van der Waals surface area contributed by atoms with Gasteiger partial charge in [0.25, 0.3) is 5.91 Å². The molecule has 1 atom stereocenters. The van der Waals surface area contributed by atoms with Crippen LogP contribution in [0.2, 0.25) is 0 Å². The zero-order chi connectivity index (χ0) is 16.7. The van der Waals surface area contributed by atoms with Crippen LogP contribution in [0.5, 0.6) is 5.75 Å². The van der Waals surface area contributed by atoms with Crippen molar-refractivity contribution in [1.82, 2.24) is 9.80 Å². The lowest BCUT2D eigenvalue weighted by Crippen LogP contribution is -2.51. The third-order valence-corrected chi connectivity index (χ3v) is 3.90. The van der Waals surface area contributed by atoms with Gasteiger partial charge in [0.05, 0.1) is 11.6 Å². The molecule has 120 valence electrons. The van der Waals surface area contributed by atoms with Crippen LogP contribution in [0, 0.1) is 23.7 Å². The van der Waals surface area contributed by atoms with E-state index in [2.05, 4.69) is 16.9 Å². The number of nitriles is 1. The molecule has 1 fully saturated rings. The monoisotopic (exact) mass is 311 g/mol. The molecule has 5 nitrogen and oxygen atoms in total. The van der Waals surface area contributed by atoms with Crippen LogP contribution in [0.4, 0.5) is 0 Å². The van der Waals surface area contributed by atoms with Crippen molar-refractivity contribution >= 4 is 5.91 Å². The van der Waals surface area contributed by atoms with Gasteiger partial charge in [0.1, 0.15) is 5.75 Å². The van der Waals surface area contributed by atoms with E-state index < -0.39 is 6.10 Å². The summed E-state index contributed by atoms with van der Waals surface area (Å²) in [4.78, 5) is 16.6. The number of ether oxygens (including phenoxy) is 1. The van der Waals surface area contributed by atoms with Crippen molar-refractivity contribution in [2.45, 2.75) is 19.4 Å². The van der Waals surface area contributed by atoms with Crippen LogP contribution in [-0.2, 0) is 4.79 Å². The van der Waals surface area contributed by atoms with Gasteiger partial charge in [0.2, 0.25) is 0 Å². The summed E-state index contributed by atoms with van der Waals surface area (Å²) in [6.07, 6.45) is 5.48. The standard InChI is InChI=1S/C18H21N3O2/c1-3-4-9-20-10-12-21(13-11-20)18(22)15(2)23-17-7-5-16(14-19)6-8-17/h1,5-8,15H,4,9-13H2,2H3/t15-/m0/s1. The molecule has 0 radical (unpaired) electrons. The first-order chi connectivity index (χ1) is 11.1. The first-order valence-corrected chi connectivity index (χ1v) is 7.75. The molecule has 0 spiro atoms. The van der Waals surface area contributed by atoms with Gasteiger partial charge in [-0.2, -0.15) is 5.26 Å². The summed E-state index contributed by atoms with van der Waals surface area (Å²) in [5.41, 5.74) is 0.569. The number of hydrogen-bond acceptors (Lipinski definition) is 4. The molecule has 1 amide bonds. The fourth-order valence-electron chi connectivity index (χ4n) is 2.53. The second-order valence-electron chi connectivity index (χ2n) is 5.52. The largest absolute Gasteiger partial charge is 0.481 e. The molecule has 0 N–H and O–H groups in total. The number of nitrogens with zero attached hydrogens (tertiary/aromatic N) is 3. The predicted molar refractivity (Wildman–Crippen MR) is 87.7 cm³/mol. The highest BCUT2D eigenvalue weighted by Crippen LogP contribution is 2.15. The number of carbonyl (C=O) groups is 1. The SMILES string of the molecule is C#CCCN1CCN(C(=O)[C@H](C)Oc2ccc(C#N)cc2)CC1. The van der Waals surface area contributed by atoms with Gasteiger partial charge < -0.3 is 9.64 Å². The minimum absolute atomic E-state index is 0.00837. The summed E-state index contributed by atoms with van der Waals surface area (Å²) in [7, 11) is 0. The molecule has 1 heterocycles. The molecule has 1 aliphatic heterocycles. The van der Waals surface area contributed by atoms with E-state index in [-0.39, 0.29) is 5.91 Å². The fraction of sp³-hybridized carbons (Fsp3) is 0.444. The lowest BCUT2D eigenvalue weighted by molar-refractivity contribution is -0.139. The maximum absolute atomic E-state index is 12.4. The van der Waals surface area contributed by atoms with Gasteiger partial charge in [-0.15, -0.1) is 12.3 Å². The molecule has 0 saturated carbocycles. The van der Waals surface area contributed by atoms with Crippen LogP contribution >= 0.6 is 0 Å². The van der Waals surface area contributed by atoms with E-state index in [0.717, 1.165) is 26.1 Å². The Kier molecular flexibility index (Phi) is 6.02. The van der Waals surface area contributed by atoms with Crippen LogP contribution in [0.3, 0.4) is 0 Å². The van der Waals surface area contributed by atoms with E-state index in [1.54, 1.807) is 31.2 Å². The molecule has 1 aromatic rings. The summed E-state index contributed by atoms with van der Waals surface area (Å²) in [6, 6.07) is 8.82. The summed E-state index contributed by atoms with van der Waals surface area (Å²) < 4.78 is 5.68. The van der Waals surface area contributed by atoms with Gasteiger partial charge in [-0.1, -0.05) is 0 Å². The summed E-state index contributed by atoms with van der Waals surface area (Å²) in [6.45, 7) is 5.73. The van der Waals surface area contributed by atoms with E-state index >= 15 is 0 Å². The first-order valence-electron chi connectivity index (χ1n) is 7.75. The average molecular weight is 311 g/mol. The number of piperazine rings is 1. The lowest BCUT2D eigenvalue weighted by atomic mass is 10.2. The molecule has 0 unspecified atom stereocenters. The highest BCUT2D eigenvalue weighted by molar-refractivity contribution is 5.81. The van der Waals surface area contributed by atoms with Crippen molar-refractivity contribution in [2.24, 2.45) is 0 Å². The molecule has 0 bridgehead atoms. The van der Waals surface area contributed by atoms with Crippen LogP contribution in [-0.4, -0.2) is 54.5 Å². The van der Waals surface area contributed by atoms with Gasteiger partial charge in [-0.3, -0.25) is 9.69 Å². The van der Waals surface area contributed by atoms with Crippen molar-refractivity contribution in [1.29, 1.82) is 5.26 Å². The second-order valence-corrected chi connectivity index (χ2v) is 5.52. The van der Waals surface area contributed by atoms with E-state index in [4.69, 9.17) is 16.4 Å². The Morgan fingerprint density at radius 2 is 1.96 bits per heavy atom. The minimum atomic E-state index is -0.541. The maximum Gasteiger partial charge on any atom is 0.263 e. The van der Waals surface area contributed by atoms with Crippen molar-refractivity contribution in [3.05, 3.63) is 29.8 Å². The highest BCUT2D eigenvalue weighted by atomic mass is 16.5. The molecule has 1 aliphatic rings. The number of rotatable bonds is 5. The van der Waals surface area contributed by atoms with Crippen LogP contribution in [0.1, 0.15) is 18.9 Å². The van der Waals surface area contributed by atoms with Crippen molar-refractivity contribution < 1.29 is 9.53 Å². The maximum atomic E-state index is 12.4. The Hall–Kier alpha value is -2.50. The van der Waals surface area contributed by atoms with Gasteiger partial charge >= 0.3 is 0 Å². The van der Waals surface area contributed by atoms with E-state index in [0.29, 0.717) is 24.4 Å². The van der Waals surface area contributed by atoms with Crippen LogP contribution in [0.15, 0.2) is 24.3 Å². The van der Waals surface area contributed by atoms with Gasteiger partial charge in [0, 0.05) is 39.1 Å². The van der Waals surface area contributed by atoms with Gasteiger partial charge in [0.15, 0.2) is 6.10 Å². The van der Waals surface area contributed by atoms with Gasteiger partial charge in [-0.25, -0.2) is 0 Å². The smallest absolute Gasteiger partial charge is 0.263 e. The average Bonchev–Trinajstić information content (AvgIpc) is 2.60. The molecule has 2 rings (SSSR count). The zero-order valence-corrected chi connectivity index (χ0v) is 13.4. The normalized spacial score (nSPS) is 16.2. The number of carbonyl (C=O) groups excluding carboxylic acids is 1. The number of terminal acetylenes is 1. The molecule has 1 aromatic carbocycles. The fourth-order valence-corrected chi connectivity index (χ4v) is 2.53. The van der Waals surface area contributed by atoms with Crippen LogP contribution in [0.25, 0.3) is 0 Å². The summed E-state index contributed by atoms with van der Waals surface area (Å²) >= 11 is 0. The Morgan fingerprint density at radius 1 is 1.30 bits per heavy atom. The van der Waals surface area contributed by atoms with Gasteiger partial charge in [-0.05, 0) is 31.2 Å². The Balaban J connectivity index is 1.83. The number of benzene rings is 1. The molecule has 0 aliphatic carbocycles. The molecule has 23 heavy (non-hydrogen) atoms. The summed E-state index contributed by atoms with van der Waals surface area (Å²) in [5, 5.41) is 8.78. The van der Waals surface area contributed by atoms with Crippen LogP contribution < -0.4 is 4.74 Å². The number of hydrogen-bond donors (Lipinski definition) is 0. The Bertz CT molecular complexity index is 605. The van der Waals surface area contributed by atoms with Crippen molar-refractivity contribution in [2.75, 3.05) is 32.7 Å². The third kappa shape index (κ3) is 4.74. The molecule has 0 aromatic heterocycles. The Labute approximate surface area is 137 Å². The minimum Gasteiger partial charge on any atom is -0.481 e. The van der Waals surface area contributed by atoms with E-state index in [9.17, 15) is 4.79 Å².